The van der Waals surface area contributed by atoms with Crippen LogP contribution in [0.3, 0.4) is 0 Å². The molecule has 112 valence electrons. The molecule has 0 unspecified atom stereocenters. The van der Waals surface area contributed by atoms with Crippen molar-refractivity contribution in [3.8, 4) is 0 Å². The Morgan fingerprint density at radius 3 is 2.55 bits per heavy atom. The molecule has 0 aromatic carbocycles. The van der Waals surface area contributed by atoms with Crippen molar-refractivity contribution in [3.05, 3.63) is 0 Å². The highest BCUT2D eigenvalue weighted by Gasteiger charge is 2.61. The molecule has 4 saturated carbocycles. The lowest BCUT2D eigenvalue weighted by Gasteiger charge is -2.56. The lowest BCUT2D eigenvalue weighted by molar-refractivity contribution is -0.119. The van der Waals surface area contributed by atoms with Crippen LogP contribution in [0.2, 0.25) is 0 Å². The van der Waals surface area contributed by atoms with Gasteiger partial charge in [0.2, 0.25) is 0 Å². The molecule has 0 bridgehead atoms. The van der Waals surface area contributed by atoms with E-state index < -0.39 is 0 Å². The van der Waals surface area contributed by atoms with Crippen LogP contribution in [0.15, 0.2) is 0 Å². The molecule has 0 heterocycles. The van der Waals surface area contributed by atoms with E-state index in [2.05, 4.69) is 13.8 Å². The SMILES string of the molecule is C[C@]12CC(=O)C[C@@H]1CC[C@@H]1[C@H]2CC[C@]2(C)[C@@H](O)CC[C@@H]12. The van der Waals surface area contributed by atoms with Crippen molar-refractivity contribution >= 4 is 5.78 Å². The van der Waals surface area contributed by atoms with Crippen LogP contribution >= 0.6 is 0 Å². The first kappa shape index (κ1) is 13.3. The van der Waals surface area contributed by atoms with Crippen molar-refractivity contribution in [2.75, 3.05) is 0 Å². The molecule has 7 atom stereocenters. The van der Waals surface area contributed by atoms with Crippen molar-refractivity contribution in [2.24, 2.45) is 34.5 Å². The minimum absolute atomic E-state index is 0.0795. The van der Waals surface area contributed by atoms with Gasteiger partial charge in [0, 0.05) is 12.8 Å². The minimum Gasteiger partial charge on any atom is -0.393 e. The number of aliphatic hydroxyl groups excluding tert-OH is 1. The Kier molecular flexibility index (Phi) is 2.72. The van der Waals surface area contributed by atoms with Gasteiger partial charge in [-0.05, 0) is 73.0 Å². The van der Waals surface area contributed by atoms with Gasteiger partial charge in [-0.25, -0.2) is 0 Å². The molecule has 0 radical (unpaired) electrons. The van der Waals surface area contributed by atoms with Crippen LogP contribution in [-0.2, 0) is 4.79 Å². The standard InChI is InChI=1S/C18H28O2/c1-17-8-7-15-13(14(17)5-6-16(17)20)4-3-11-9-12(19)10-18(11,15)2/h11,13-16,20H,3-10H2,1-2H3/t11-,13-,14-,15+,16-,17-,18-/m0/s1. The lowest BCUT2D eigenvalue weighted by Crippen LogP contribution is -2.51. The van der Waals surface area contributed by atoms with E-state index in [1.165, 1.54) is 32.1 Å². The second-order valence-electron chi connectivity index (χ2n) is 8.71. The number of Topliss-reactive ketones (excluding diaryl/α,β-unsaturated/α-hetero) is 1. The van der Waals surface area contributed by atoms with Gasteiger partial charge in [0.25, 0.3) is 0 Å². The number of carbonyl (C=O) groups is 1. The number of hydrogen-bond acceptors (Lipinski definition) is 2. The van der Waals surface area contributed by atoms with Gasteiger partial charge in [-0.3, -0.25) is 4.79 Å². The molecule has 0 amide bonds. The molecule has 0 aromatic heterocycles. The molecule has 0 saturated heterocycles. The Labute approximate surface area is 122 Å². The van der Waals surface area contributed by atoms with Crippen LogP contribution in [0.4, 0.5) is 0 Å². The quantitative estimate of drug-likeness (QED) is 0.734. The molecule has 2 heteroatoms. The summed E-state index contributed by atoms with van der Waals surface area (Å²) in [5, 5.41) is 10.4. The predicted molar refractivity (Wildman–Crippen MR) is 78.1 cm³/mol. The van der Waals surface area contributed by atoms with Gasteiger partial charge in [0.1, 0.15) is 5.78 Å². The molecular weight excluding hydrogens is 248 g/mol. The molecule has 2 nitrogen and oxygen atoms in total. The Morgan fingerprint density at radius 2 is 1.75 bits per heavy atom. The van der Waals surface area contributed by atoms with E-state index in [0.29, 0.717) is 17.6 Å². The summed E-state index contributed by atoms with van der Waals surface area (Å²) in [5.74, 6) is 3.41. The van der Waals surface area contributed by atoms with Gasteiger partial charge in [-0.15, -0.1) is 0 Å². The van der Waals surface area contributed by atoms with E-state index in [0.717, 1.165) is 31.1 Å². The minimum atomic E-state index is -0.0795. The maximum atomic E-state index is 12.0. The Morgan fingerprint density at radius 1 is 1.00 bits per heavy atom. The summed E-state index contributed by atoms with van der Waals surface area (Å²) in [7, 11) is 0. The monoisotopic (exact) mass is 276 g/mol. The summed E-state index contributed by atoms with van der Waals surface area (Å²) >= 11 is 0. The number of rotatable bonds is 0. The topological polar surface area (TPSA) is 37.3 Å². The zero-order chi connectivity index (χ0) is 14.1. The third-order valence-electron chi connectivity index (χ3n) is 8.07. The maximum Gasteiger partial charge on any atom is 0.133 e. The van der Waals surface area contributed by atoms with Crippen LogP contribution in [0.5, 0.6) is 0 Å². The first-order valence-corrected chi connectivity index (χ1v) is 8.65. The second kappa shape index (κ2) is 4.09. The summed E-state index contributed by atoms with van der Waals surface area (Å²) in [6, 6.07) is 0. The fourth-order valence-corrected chi connectivity index (χ4v) is 6.89. The van der Waals surface area contributed by atoms with Crippen LogP contribution < -0.4 is 0 Å². The third kappa shape index (κ3) is 1.52. The summed E-state index contributed by atoms with van der Waals surface area (Å²) in [6.07, 6.45) is 8.82. The van der Waals surface area contributed by atoms with E-state index in [1.54, 1.807) is 0 Å². The van der Waals surface area contributed by atoms with Crippen molar-refractivity contribution < 1.29 is 9.90 Å². The summed E-state index contributed by atoms with van der Waals surface area (Å²) in [6.45, 7) is 4.74. The average Bonchev–Trinajstić information content (AvgIpc) is 2.86. The summed E-state index contributed by atoms with van der Waals surface area (Å²) < 4.78 is 0. The maximum absolute atomic E-state index is 12.0. The van der Waals surface area contributed by atoms with Gasteiger partial charge in [0.15, 0.2) is 0 Å². The predicted octanol–water partition coefficient (Wildman–Crippen LogP) is 3.57. The van der Waals surface area contributed by atoms with Crippen LogP contribution in [0, 0.1) is 34.5 Å². The van der Waals surface area contributed by atoms with Gasteiger partial charge >= 0.3 is 0 Å². The Hall–Kier alpha value is -0.370. The average molecular weight is 276 g/mol. The van der Waals surface area contributed by atoms with E-state index >= 15 is 0 Å². The van der Waals surface area contributed by atoms with Crippen LogP contribution in [0.1, 0.15) is 65.2 Å². The highest BCUT2D eigenvalue weighted by molar-refractivity contribution is 5.82. The van der Waals surface area contributed by atoms with Gasteiger partial charge < -0.3 is 5.11 Å². The van der Waals surface area contributed by atoms with Crippen molar-refractivity contribution in [1.82, 2.24) is 0 Å². The molecule has 4 aliphatic rings. The van der Waals surface area contributed by atoms with Gasteiger partial charge in [-0.2, -0.15) is 0 Å². The van der Waals surface area contributed by atoms with E-state index in [4.69, 9.17) is 0 Å². The van der Waals surface area contributed by atoms with Gasteiger partial charge in [0.05, 0.1) is 6.10 Å². The fraction of sp³-hybridized carbons (Fsp3) is 0.944. The lowest BCUT2D eigenvalue weighted by atomic mass is 9.48. The van der Waals surface area contributed by atoms with E-state index in [-0.39, 0.29) is 16.9 Å². The first-order chi connectivity index (χ1) is 9.45. The van der Waals surface area contributed by atoms with Crippen molar-refractivity contribution in [2.45, 2.75) is 71.3 Å². The molecular formula is C18H28O2. The number of aliphatic hydroxyl groups is 1. The zero-order valence-electron chi connectivity index (χ0n) is 12.9. The zero-order valence-corrected chi connectivity index (χ0v) is 12.9. The summed E-state index contributed by atoms with van der Waals surface area (Å²) in [5.41, 5.74) is 0.460. The number of carbonyl (C=O) groups excluding carboxylic acids is 1. The Bertz CT molecular complexity index is 445. The van der Waals surface area contributed by atoms with E-state index in [9.17, 15) is 9.90 Å². The second-order valence-corrected chi connectivity index (χ2v) is 8.71. The van der Waals surface area contributed by atoms with Crippen LogP contribution in [-0.4, -0.2) is 17.0 Å². The smallest absolute Gasteiger partial charge is 0.133 e. The number of hydrogen-bond donors (Lipinski definition) is 1. The summed E-state index contributed by atoms with van der Waals surface area (Å²) in [4.78, 5) is 12.0. The molecule has 1 N–H and O–H groups in total. The number of fused-ring (bicyclic) bond motifs is 5. The first-order valence-electron chi connectivity index (χ1n) is 8.65. The van der Waals surface area contributed by atoms with Crippen molar-refractivity contribution in [1.29, 1.82) is 0 Å². The molecule has 4 rings (SSSR count). The normalized spacial score (nSPS) is 58.1. The molecule has 0 aliphatic heterocycles. The Balaban J connectivity index is 1.67. The molecule has 0 spiro atoms. The largest absolute Gasteiger partial charge is 0.393 e. The van der Waals surface area contributed by atoms with Crippen molar-refractivity contribution in [3.63, 3.8) is 0 Å². The van der Waals surface area contributed by atoms with E-state index in [1.807, 2.05) is 0 Å². The van der Waals surface area contributed by atoms with Crippen LogP contribution in [0.25, 0.3) is 0 Å². The number of ketones is 1. The fourth-order valence-electron chi connectivity index (χ4n) is 6.89. The van der Waals surface area contributed by atoms with Gasteiger partial charge in [-0.1, -0.05) is 13.8 Å². The molecule has 20 heavy (non-hydrogen) atoms. The molecule has 0 aromatic rings. The highest BCUT2D eigenvalue weighted by atomic mass is 16.3. The molecule has 4 aliphatic carbocycles. The molecule has 4 fully saturated rings. The third-order valence-corrected chi connectivity index (χ3v) is 8.07. The highest BCUT2D eigenvalue weighted by Crippen LogP contribution is 2.66.